The summed E-state index contributed by atoms with van der Waals surface area (Å²) in [6.07, 6.45) is 3.02. The maximum atomic E-state index is 13.0. The van der Waals surface area contributed by atoms with Crippen LogP contribution in [0.15, 0.2) is 24.3 Å². The van der Waals surface area contributed by atoms with Gasteiger partial charge in [-0.2, -0.15) is 0 Å². The molecule has 2 aliphatic heterocycles. The number of piperidine rings is 1. The van der Waals surface area contributed by atoms with Gasteiger partial charge in [0.05, 0.1) is 12.3 Å². The Kier molecular flexibility index (Phi) is 8.21. The highest BCUT2D eigenvalue weighted by atomic mass is 16.5. The SMILES string of the molecule is O=C(O)CN1C(=O)C(N[C@@H](COCCC2CCNCC2)C(=O)O)COc2ccccc21. The van der Waals surface area contributed by atoms with Crippen LogP contribution in [0.4, 0.5) is 5.69 Å². The third kappa shape index (κ3) is 6.39. The first kappa shape index (κ1) is 23.0. The van der Waals surface area contributed by atoms with Gasteiger partial charge in [0.25, 0.3) is 0 Å². The molecule has 2 atom stereocenters. The Hall–Kier alpha value is -2.69. The maximum Gasteiger partial charge on any atom is 0.323 e. The van der Waals surface area contributed by atoms with Crippen LogP contribution in [0.2, 0.25) is 0 Å². The molecule has 1 aromatic carbocycles. The van der Waals surface area contributed by atoms with Gasteiger partial charge in [0.1, 0.15) is 31.0 Å². The van der Waals surface area contributed by atoms with E-state index in [9.17, 15) is 24.6 Å². The number of carbonyl (C=O) groups is 3. The van der Waals surface area contributed by atoms with Gasteiger partial charge in [-0.3, -0.25) is 24.6 Å². The molecule has 10 nitrogen and oxygen atoms in total. The third-order valence-corrected chi connectivity index (χ3v) is 5.53. The van der Waals surface area contributed by atoms with E-state index in [1.165, 1.54) is 0 Å². The van der Waals surface area contributed by atoms with Crippen LogP contribution in [0.1, 0.15) is 19.3 Å². The van der Waals surface area contributed by atoms with Crippen LogP contribution >= 0.6 is 0 Å². The van der Waals surface area contributed by atoms with Crippen LogP contribution in [0.25, 0.3) is 0 Å². The summed E-state index contributed by atoms with van der Waals surface area (Å²) in [4.78, 5) is 37.1. The molecule has 0 aromatic heterocycles. The van der Waals surface area contributed by atoms with Crippen molar-refractivity contribution in [3.05, 3.63) is 24.3 Å². The van der Waals surface area contributed by atoms with Crippen LogP contribution in [0.3, 0.4) is 0 Å². The number of nitrogens with zero attached hydrogens (tertiary/aromatic N) is 1. The van der Waals surface area contributed by atoms with Crippen molar-refractivity contribution in [2.45, 2.75) is 31.3 Å². The molecule has 0 bridgehead atoms. The molecule has 1 amide bonds. The molecule has 1 unspecified atom stereocenters. The van der Waals surface area contributed by atoms with Crippen molar-refractivity contribution < 1.29 is 34.1 Å². The summed E-state index contributed by atoms with van der Waals surface area (Å²) in [5.41, 5.74) is 0.337. The van der Waals surface area contributed by atoms with Crippen molar-refractivity contribution in [2.24, 2.45) is 5.92 Å². The molecule has 10 heteroatoms. The van der Waals surface area contributed by atoms with Gasteiger partial charge in [-0.1, -0.05) is 12.1 Å². The van der Waals surface area contributed by atoms with Crippen LogP contribution in [-0.4, -0.2) is 79.6 Å². The average molecular weight is 435 g/mol. The minimum atomic E-state index is -1.18. The van der Waals surface area contributed by atoms with Crippen molar-refractivity contribution in [1.82, 2.24) is 10.6 Å². The van der Waals surface area contributed by atoms with Gasteiger partial charge in [0.2, 0.25) is 5.91 Å². The quantitative estimate of drug-likeness (QED) is 0.383. The maximum absolute atomic E-state index is 13.0. The standard InChI is InChI=1S/C21H29N3O7/c25-19(26)11-24-17-3-1-2-4-18(17)31-13-15(20(24)27)23-16(21(28)29)12-30-10-7-14-5-8-22-9-6-14/h1-4,14-16,22-23H,5-13H2,(H,25,26)(H,28,29)/t15?,16-/m0/s1. The Morgan fingerprint density at radius 2 is 2.00 bits per heavy atom. The number of carbonyl (C=O) groups excluding carboxylic acids is 1. The predicted molar refractivity (Wildman–Crippen MR) is 111 cm³/mol. The molecule has 0 spiro atoms. The fourth-order valence-corrected chi connectivity index (χ4v) is 3.83. The summed E-state index contributed by atoms with van der Waals surface area (Å²) in [7, 11) is 0. The number of ether oxygens (including phenoxy) is 2. The molecule has 4 N–H and O–H groups in total. The Morgan fingerprint density at radius 3 is 2.71 bits per heavy atom. The highest BCUT2D eigenvalue weighted by Gasteiger charge is 2.35. The van der Waals surface area contributed by atoms with E-state index in [1.54, 1.807) is 24.3 Å². The van der Waals surface area contributed by atoms with Gasteiger partial charge in [-0.15, -0.1) is 0 Å². The highest BCUT2D eigenvalue weighted by molar-refractivity contribution is 6.02. The largest absolute Gasteiger partial charge is 0.489 e. The summed E-state index contributed by atoms with van der Waals surface area (Å²) in [6.45, 7) is 1.65. The van der Waals surface area contributed by atoms with E-state index in [1.807, 2.05) is 0 Å². The number of carboxylic acids is 2. The first-order valence-electron chi connectivity index (χ1n) is 10.5. The van der Waals surface area contributed by atoms with Crippen molar-refractivity contribution in [3.63, 3.8) is 0 Å². The van der Waals surface area contributed by atoms with Gasteiger partial charge in [-0.05, 0) is 50.4 Å². The molecule has 0 saturated carbocycles. The lowest BCUT2D eigenvalue weighted by atomic mass is 9.95. The van der Waals surface area contributed by atoms with E-state index < -0.39 is 36.5 Å². The first-order valence-corrected chi connectivity index (χ1v) is 10.5. The van der Waals surface area contributed by atoms with Gasteiger partial charge in [0, 0.05) is 6.61 Å². The number of hydrogen-bond acceptors (Lipinski definition) is 7. The van der Waals surface area contributed by atoms with Crippen molar-refractivity contribution >= 4 is 23.5 Å². The van der Waals surface area contributed by atoms with Gasteiger partial charge in [0.15, 0.2) is 0 Å². The summed E-state index contributed by atoms with van der Waals surface area (Å²) in [5, 5.41) is 24.9. The molecule has 2 heterocycles. The molecule has 0 aliphatic carbocycles. The minimum absolute atomic E-state index is 0.101. The number of para-hydroxylation sites is 2. The van der Waals surface area contributed by atoms with Crippen LogP contribution in [0.5, 0.6) is 5.75 Å². The summed E-state index contributed by atoms with van der Waals surface area (Å²) in [6, 6.07) is 4.47. The smallest absolute Gasteiger partial charge is 0.323 e. The minimum Gasteiger partial charge on any atom is -0.489 e. The van der Waals surface area contributed by atoms with Crippen molar-refractivity contribution in [3.8, 4) is 5.75 Å². The molecule has 170 valence electrons. The van der Waals surface area contributed by atoms with Gasteiger partial charge < -0.3 is 25.0 Å². The number of fused-ring (bicyclic) bond motifs is 1. The number of hydrogen-bond donors (Lipinski definition) is 4. The molecule has 1 fully saturated rings. The number of amides is 1. The number of aliphatic carboxylic acids is 2. The lowest BCUT2D eigenvalue weighted by molar-refractivity contribution is -0.142. The Labute approximate surface area is 180 Å². The van der Waals surface area contributed by atoms with E-state index in [-0.39, 0.29) is 13.2 Å². The van der Waals surface area contributed by atoms with E-state index in [0.717, 1.165) is 37.3 Å². The number of rotatable bonds is 10. The number of carboxylic acid groups (broad SMARTS) is 2. The number of nitrogens with one attached hydrogen (secondary N) is 2. The second-order valence-electron chi connectivity index (χ2n) is 7.76. The van der Waals surface area contributed by atoms with Crippen molar-refractivity contribution in [1.29, 1.82) is 0 Å². The second-order valence-corrected chi connectivity index (χ2v) is 7.76. The monoisotopic (exact) mass is 435 g/mol. The normalized spacial score (nSPS) is 20.5. The Bertz CT molecular complexity index is 782. The average Bonchev–Trinajstić information content (AvgIpc) is 2.88. The van der Waals surface area contributed by atoms with Crippen LogP contribution in [-0.2, 0) is 19.1 Å². The van der Waals surface area contributed by atoms with Crippen molar-refractivity contribution in [2.75, 3.05) is 44.4 Å². The third-order valence-electron chi connectivity index (χ3n) is 5.53. The summed E-state index contributed by atoms with van der Waals surface area (Å²) in [5.74, 6) is -1.96. The molecule has 3 rings (SSSR count). The summed E-state index contributed by atoms with van der Waals surface area (Å²) >= 11 is 0. The van der Waals surface area contributed by atoms with Gasteiger partial charge in [-0.25, -0.2) is 0 Å². The zero-order valence-corrected chi connectivity index (χ0v) is 17.3. The van der Waals surface area contributed by atoms with E-state index in [0.29, 0.717) is 24.0 Å². The highest BCUT2D eigenvalue weighted by Crippen LogP contribution is 2.31. The molecular weight excluding hydrogens is 406 g/mol. The summed E-state index contributed by atoms with van der Waals surface area (Å²) < 4.78 is 11.3. The van der Waals surface area contributed by atoms with E-state index in [4.69, 9.17) is 9.47 Å². The fourth-order valence-electron chi connectivity index (χ4n) is 3.83. The first-order chi connectivity index (χ1) is 15.0. The Morgan fingerprint density at radius 1 is 1.26 bits per heavy atom. The Balaban J connectivity index is 1.60. The topological polar surface area (TPSA) is 137 Å². The second kappa shape index (κ2) is 11.1. The molecular formula is C21H29N3O7. The molecule has 0 radical (unpaired) electrons. The number of benzene rings is 1. The zero-order valence-electron chi connectivity index (χ0n) is 17.3. The van der Waals surface area contributed by atoms with Crippen LogP contribution in [0, 0.1) is 5.92 Å². The zero-order chi connectivity index (χ0) is 22.2. The molecule has 31 heavy (non-hydrogen) atoms. The predicted octanol–water partition coefficient (Wildman–Crippen LogP) is 0.314. The lowest BCUT2D eigenvalue weighted by Crippen LogP contribution is -2.55. The molecule has 1 saturated heterocycles. The lowest BCUT2D eigenvalue weighted by Gasteiger charge is -2.26. The number of anilines is 1. The fraction of sp³-hybridized carbons (Fsp3) is 0.571. The van der Waals surface area contributed by atoms with Crippen LogP contribution < -0.4 is 20.3 Å². The molecule has 1 aromatic rings. The van der Waals surface area contributed by atoms with Gasteiger partial charge >= 0.3 is 11.9 Å². The van der Waals surface area contributed by atoms with E-state index >= 15 is 0 Å². The molecule has 2 aliphatic rings. The van der Waals surface area contributed by atoms with E-state index in [2.05, 4.69) is 10.6 Å².